The molecular weight excluding hydrogens is 228 g/mol. The molecule has 0 aliphatic heterocycles. The van der Waals surface area contributed by atoms with Crippen molar-refractivity contribution in [2.45, 2.75) is 19.3 Å². The Morgan fingerprint density at radius 1 is 1.28 bits per heavy atom. The second-order valence-corrected chi connectivity index (χ2v) is 4.98. The van der Waals surface area contributed by atoms with Gasteiger partial charge in [-0.25, -0.2) is 0 Å². The summed E-state index contributed by atoms with van der Waals surface area (Å²) < 4.78 is 10.6. The Labute approximate surface area is 108 Å². The third kappa shape index (κ3) is 2.53. The van der Waals surface area contributed by atoms with E-state index >= 15 is 0 Å². The highest BCUT2D eigenvalue weighted by molar-refractivity contribution is 5.59. The highest BCUT2D eigenvalue weighted by atomic mass is 16.5. The van der Waals surface area contributed by atoms with E-state index in [-0.39, 0.29) is 5.41 Å². The van der Waals surface area contributed by atoms with Crippen molar-refractivity contribution >= 4 is 5.69 Å². The van der Waals surface area contributed by atoms with Gasteiger partial charge in [0.2, 0.25) is 0 Å². The molecule has 0 radical (unpaired) electrons. The lowest BCUT2D eigenvalue weighted by Gasteiger charge is -2.41. The molecule has 2 rings (SSSR count). The van der Waals surface area contributed by atoms with Crippen molar-refractivity contribution in [3.8, 4) is 11.5 Å². The second kappa shape index (κ2) is 5.48. The van der Waals surface area contributed by atoms with Crippen LogP contribution in [0.1, 0.15) is 19.3 Å². The Hall–Kier alpha value is -1.42. The summed E-state index contributed by atoms with van der Waals surface area (Å²) in [6.45, 7) is 1.64. The highest BCUT2D eigenvalue weighted by Crippen LogP contribution is 2.40. The first kappa shape index (κ1) is 13.0. The van der Waals surface area contributed by atoms with Crippen molar-refractivity contribution in [1.29, 1.82) is 0 Å². The van der Waals surface area contributed by atoms with Gasteiger partial charge in [-0.3, -0.25) is 0 Å². The quantitative estimate of drug-likeness (QED) is 0.813. The Morgan fingerprint density at radius 3 is 2.56 bits per heavy atom. The van der Waals surface area contributed by atoms with E-state index < -0.39 is 0 Å². The molecule has 3 N–H and O–H groups in total. The van der Waals surface area contributed by atoms with Gasteiger partial charge in [0.25, 0.3) is 0 Å². The summed E-state index contributed by atoms with van der Waals surface area (Å²) in [7, 11) is 3.34. The monoisotopic (exact) mass is 250 g/mol. The molecule has 0 spiro atoms. The zero-order chi connectivity index (χ0) is 13.0. The van der Waals surface area contributed by atoms with Crippen LogP contribution in [0.4, 0.5) is 5.69 Å². The molecule has 0 saturated heterocycles. The van der Waals surface area contributed by atoms with Crippen molar-refractivity contribution in [1.82, 2.24) is 0 Å². The van der Waals surface area contributed by atoms with Gasteiger partial charge < -0.3 is 20.5 Å². The summed E-state index contributed by atoms with van der Waals surface area (Å²) in [6, 6.07) is 5.77. The van der Waals surface area contributed by atoms with Gasteiger partial charge in [-0.15, -0.1) is 0 Å². The predicted molar refractivity (Wildman–Crippen MR) is 73.4 cm³/mol. The van der Waals surface area contributed by atoms with E-state index in [9.17, 15) is 0 Å². The zero-order valence-electron chi connectivity index (χ0n) is 11.2. The lowest BCUT2D eigenvalue weighted by atomic mass is 9.69. The Balaban J connectivity index is 2.07. The molecule has 18 heavy (non-hydrogen) atoms. The van der Waals surface area contributed by atoms with Crippen LogP contribution in [-0.2, 0) is 0 Å². The van der Waals surface area contributed by atoms with Gasteiger partial charge in [-0.05, 0) is 36.9 Å². The van der Waals surface area contributed by atoms with Crippen molar-refractivity contribution in [2.75, 3.05) is 32.6 Å². The minimum Gasteiger partial charge on any atom is -0.497 e. The van der Waals surface area contributed by atoms with Crippen LogP contribution < -0.4 is 20.5 Å². The summed E-state index contributed by atoms with van der Waals surface area (Å²) in [5.74, 6) is 1.66. The molecule has 0 amide bonds. The molecule has 0 bridgehead atoms. The molecule has 4 heteroatoms. The maximum absolute atomic E-state index is 5.86. The number of hydrogen-bond donors (Lipinski definition) is 2. The van der Waals surface area contributed by atoms with E-state index in [0.717, 1.165) is 30.3 Å². The molecule has 0 unspecified atom stereocenters. The van der Waals surface area contributed by atoms with Crippen LogP contribution in [0, 0.1) is 5.41 Å². The number of ether oxygens (including phenoxy) is 2. The molecular formula is C14H22N2O2. The van der Waals surface area contributed by atoms with Crippen LogP contribution in [-0.4, -0.2) is 27.3 Å². The zero-order valence-corrected chi connectivity index (χ0v) is 11.2. The summed E-state index contributed by atoms with van der Waals surface area (Å²) in [5.41, 5.74) is 7.10. The maximum atomic E-state index is 5.86. The lowest BCUT2D eigenvalue weighted by Crippen LogP contribution is -2.43. The van der Waals surface area contributed by atoms with E-state index in [1.165, 1.54) is 19.3 Å². The summed E-state index contributed by atoms with van der Waals surface area (Å²) in [5, 5.41) is 3.45. The number of hydrogen-bond acceptors (Lipinski definition) is 4. The van der Waals surface area contributed by atoms with Crippen molar-refractivity contribution in [2.24, 2.45) is 11.1 Å². The third-order valence-electron chi connectivity index (χ3n) is 3.91. The molecule has 4 nitrogen and oxygen atoms in total. The molecule has 0 aromatic heterocycles. The minimum atomic E-state index is 0.272. The molecule has 1 aromatic rings. The van der Waals surface area contributed by atoms with Crippen LogP contribution in [0.5, 0.6) is 11.5 Å². The van der Waals surface area contributed by atoms with E-state index in [4.69, 9.17) is 15.2 Å². The average molecular weight is 250 g/mol. The van der Waals surface area contributed by atoms with Crippen LogP contribution >= 0.6 is 0 Å². The number of methoxy groups -OCH3 is 2. The fraction of sp³-hybridized carbons (Fsp3) is 0.571. The molecule has 0 heterocycles. The topological polar surface area (TPSA) is 56.5 Å². The minimum absolute atomic E-state index is 0.272. The summed E-state index contributed by atoms with van der Waals surface area (Å²) >= 11 is 0. The molecule has 1 fully saturated rings. The maximum Gasteiger partial charge on any atom is 0.142 e. The van der Waals surface area contributed by atoms with Gasteiger partial charge in [0.05, 0.1) is 19.9 Å². The molecule has 1 saturated carbocycles. The fourth-order valence-corrected chi connectivity index (χ4v) is 2.36. The summed E-state index contributed by atoms with van der Waals surface area (Å²) in [6.07, 6.45) is 3.71. The largest absolute Gasteiger partial charge is 0.497 e. The van der Waals surface area contributed by atoms with Gasteiger partial charge in [0.15, 0.2) is 0 Å². The molecule has 1 aliphatic rings. The molecule has 100 valence electrons. The van der Waals surface area contributed by atoms with E-state index in [1.807, 2.05) is 18.2 Å². The average Bonchev–Trinajstić information content (AvgIpc) is 2.37. The predicted octanol–water partition coefficient (Wildman–Crippen LogP) is 2.24. The third-order valence-corrected chi connectivity index (χ3v) is 3.91. The van der Waals surface area contributed by atoms with Gasteiger partial charge in [-0.2, -0.15) is 0 Å². The lowest BCUT2D eigenvalue weighted by molar-refractivity contribution is 0.163. The summed E-state index contributed by atoms with van der Waals surface area (Å²) in [4.78, 5) is 0. The van der Waals surface area contributed by atoms with Gasteiger partial charge in [0, 0.05) is 12.6 Å². The number of nitrogens with two attached hydrogens (primary N) is 1. The first-order valence-corrected chi connectivity index (χ1v) is 6.39. The molecule has 1 aliphatic carbocycles. The SMILES string of the molecule is COc1ccc(OC)c(NCC2(CN)CCC2)c1. The van der Waals surface area contributed by atoms with E-state index in [1.54, 1.807) is 14.2 Å². The Morgan fingerprint density at radius 2 is 2.06 bits per heavy atom. The van der Waals surface area contributed by atoms with Gasteiger partial charge in [0.1, 0.15) is 11.5 Å². The molecule has 1 aromatic carbocycles. The number of anilines is 1. The van der Waals surface area contributed by atoms with E-state index in [0.29, 0.717) is 0 Å². The highest BCUT2D eigenvalue weighted by Gasteiger charge is 2.35. The van der Waals surface area contributed by atoms with E-state index in [2.05, 4.69) is 5.32 Å². The fourth-order valence-electron chi connectivity index (χ4n) is 2.36. The van der Waals surface area contributed by atoms with Gasteiger partial charge in [-0.1, -0.05) is 6.42 Å². The van der Waals surface area contributed by atoms with Crippen molar-refractivity contribution < 1.29 is 9.47 Å². The van der Waals surface area contributed by atoms with Crippen molar-refractivity contribution in [3.05, 3.63) is 18.2 Å². The number of nitrogens with one attached hydrogen (secondary N) is 1. The van der Waals surface area contributed by atoms with Crippen molar-refractivity contribution in [3.63, 3.8) is 0 Å². The first-order valence-electron chi connectivity index (χ1n) is 6.39. The van der Waals surface area contributed by atoms with Crippen LogP contribution in [0.2, 0.25) is 0 Å². The Bertz CT molecular complexity index is 397. The van der Waals surface area contributed by atoms with Crippen LogP contribution in [0.3, 0.4) is 0 Å². The Kier molecular flexibility index (Phi) is 3.97. The first-order chi connectivity index (χ1) is 8.73. The number of benzene rings is 1. The van der Waals surface area contributed by atoms with Gasteiger partial charge >= 0.3 is 0 Å². The number of rotatable bonds is 6. The standard InChI is InChI=1S/C14H22N2O2/c1-17-11-4-5-13(18-2)12(8-11)16-10-14(9-15)6-3-7-14/h4-5,8,16H,3,6-7,9-10,15H2,1-2H3. The van der Waals surface area contributed by atoms with Crippen LogP contribution in [0.15, 0.2) is 18.2 Å². The molecule has 0 atom stereocenters. The van der Waals surface area contributed by atoms with Crippen LogP contribution in [0.25, 0.3) is 0 Å². The smallest absolute Gasteiger partial charge is 0.142 e. The second-order valence-electron chi connectivity index (χ2n) is 4.98. The normalized spacial score (nSPS) is 16.8.